The Morgan fingerprint density at radius 1 is 1.28 bits per heavy atom. The van der Waals surface area contributed by atoms with Gasteiger partial charge in [0.1, 0.15) is 0 Å². The highest BCUT2D eigenvalue weighted by Crippen LogP contribution is 2.36. The van der Waals surface area contributed by atoms with Crippen molar-refractivity contribution in [2.45, 2.75) is 38.3 Å². The van der Waals surface area contributed by atoms with E-state index in [1.165, 1.54) is 7.11 Å². The molecule has 1 aromatic rings. The van der Waals surface area contributed by atoms with Gasteiger partial charge in [0.05, 0.1) is 18.8 Å². The fraction of sp³-hybridized carbons (Fsp3) is 0.571. The fourth-order valence-electron chi connectivity index (χ4n) is 2.31. The summed E-state index contributed by atoms with van der Waals surface area (Å²) in [5.41, 5.74) is 6.09. The van der Waals surface area contributed by atoms with Crippen molar-refractivity contribution in [3.63, 3.8) is 0 Å². The second-order valence-corrected chi connectivity index (χ2v) is 4.32. The van der Waals surface area contributed by atoms with E-state index in [0.29, 0.717) is 5.56 Å². The zero-order valence-electron chi connectivity index (χ0n) is 11.5. The Labute approximate surface area is 108 Å². The van der Waals surface area contributed by atoms with Crippen molar-refractivity contribution in [3.05, 3.63) is 29.6 Å². The highest BCUT2D eigenvalue weighted by atomic mass is 19.1. The predicted molar refractivity (Wildman–Crippen MR) is 70.2 cm³/mol. The van der Waals surface area contributed by atoms with Gasteiger partial charge in [0, 0.05) is 12.7 Å². The Hall–Kier alpha value is -1.13. The van der Waals surface area contributed by atoms with Crippen molar-refractivity contribution in [1.29, 1.82) is 0 Å². The van der Waals surface area contributed by atoms with Crippen LogP contribution >= 0.6 is 0 Å². The third-order valence-corrected chi connectivity index (χ3v) is 3.72. The lowest BCUT2D eigenvalue weighted by Crippen LogP contribution is -2.42. The number of hydrogen-bond acceptors (Lipinski definition) is 3. The summed E-state index contributed by atoms with van der Waals surface area (Å²) in [6, 6.07) is 4.48. The first-order chi connectivity index (χ1) is 8.56. The van der Waals surface area contributed by atoms with Gasteiger partial charge in [-0.15, -0.1) is 0 Å². The number of halogens is 1. The SMILES string of the molecule is CCC(CC)(OC)C(N)c1cccc(OC)c1F. The summed E-state index contributed by atoms with van der Waals surface area (Å²) in [5, 5.41) is 0. The van der Waals surface area contributed by atoms with Crippen molar-refractivity contribution >= 4 is 0 Å². The lowest BCUT2D eigenvalue weighted by molar-refractivity contribution is -0.0393. The van der Waals surface area contributed by atoms with Gasteiger partial charge in [0.15, 0.2) is 11.6 Å². The number of rotatable bonds is 6. The zero-order valence-corrected chi connectivity index (χ0v) is 11.5. The topological polar surface area (TPSA) is 44.5 Å². The summed E-state index contributed by atoms with van der Waals surface area (Å²) in [6.07, 6.45) is 1.44. The number of methoxy groups -OCH3 is 2. The number of hydrogen-bond donors (Lipinski definition) is 1. The van der Waals surface area contributed by atoms with Crippen LogP contribution in [0.25, 0.3) is 0 Å². The van der Waals surface area contributed by atoms with E-state index in [9.17, 15) is 4.39 Å². The minimum absolute atomic E-state index is 0.208. The van der Waals surface area contributed by atoms with Crippen molar-refractivity contribution in [3.8, 4) is 5.75 Å². The molecule has 1 aromatic carbocycles. The highest BCUT2D eigenvalue weighted by Gasteiger charge is 2.36. The molecule has 0 heterocycles. The van der Waals surface area contributed by atoms with Crippen molar-refractivity contribution < 1.29 is 13.9 Å². The van der Waals surface area contributed by atoms with E-state index in [-0.39, 0.29) is 5.75 Å². The van der Waals surface area contributed by atoms with Crippen LogP contribution in [0.15, 0.2) is 18.2 Å². The third-order valence-electron chi connectivity index (χ3n) is 3.72. The van der Waals surface area contributed by atoms with Crippen molar-refractivity contribution in [2.24, 2.45) is 5.73 Å². The molecule has 0 radical (unpaired) electrons. The predicted octanol–water partition coefficient (Wildman–Crippen LogP) is 3.04. The summed E-state index contributed by atoms with van der Waals surface area (Å²) < 4.78 is 24.7. The summed E-state index contributed by atoms with van der Waals surface area (Å²) in [6.45, 7) is 3.98. The van der Waals surface area contributed by atoms with E-state index in [1.807, 2.05) is 13.8 Å². The van der Waals surface area contributed by atoms with Crippen LogP contribution in [0, 0.1) is 5.82 Å². The van der Waals surface area contributed by atoms with E-state index < -0.39 is 17.5 Å². The van der Waals surface area contributed by atoms with Crippen LogP contribution < -0.4 is 10.5 Å². The average Bonchev–Trinajstić information content (AvgIpc) is 2.41. The van der Waals surface area contributed by atoms with Gasteiger partial charge in [0.2, 0.25) is 0 Å². The lowest BCUT2D eigenvalue weighted by atomic mass is 9.84. The van der Waals surface area contributed by atoms with E-state index >= 15 is 0 Å². The summed E-state index contributed by atoms with van der Waals surface area (Å²) in [4.78, 5) is 0. The largest absolute Gasteiger partial charge is 0.494 e. The molecule has 0 bridgehead atoms. The molecule has 0 aliphatic heterocycles. The maximum atomic E-state index is 14.2. The zero-order chi connectivity index (χ0) is 13.8. The second kappa shape index (κ2) is 6.16. The second-order valence-electron chi connectivity index (χ2n) is 4.32. The molecule has 1 atom stereocenters. The first kappa shape index (κ1) is 14.9. The Bertz CT molecular complexity index is 383. The quantitative estimate of drug-likeness (QED) is 0.849. The monoisotopic (exact) mass is 255 g/mol. The summed E-state index contributed by atoms with van der Waals surface area (Å²) in [7, 11) is 3.06. The van der Waals surface area contributed by atoms with Gasteiger partial charge in [-0.2, -0.15) is 0 Å². The molecule has 0 spiro atoms. The minimum atomic E-state index is -0.548. The van der Waals surface area contributed by atoms with Crippen LogP contribution in [0.2, 0.25) is 0 Å². The van der Waals surface area contributed by atoms with Gasteiger partial charge in [-0.05, 0) is 18.9 Å². The van der Waals surface area contributed by atoms with Crippen LogP contribution in [0.3, 0.4) is 0 Å². The molecule has 18 heavy (non-hydrogen) atoms. The van der Waals surface area contributed by atoms with Gasteiger partial charge in [-0.3, -0.25) is 0 Å². The Morgan fingerprint density at radius 3 is 2.33 bits per heavy atom. The summed E-state index contributed by atoms with van der Waals surface area (Å²) >= 11 is 0. The molecule has 102 valence electrons. The van der Waals surface area contributed by atoms with Gasteiger partial charge in [-0.25, -0.2) is 4.39 Å². The molecular weight excluding hydrogens is 233 g/mol. The Balaban J connectivity index is 3.21. The van der Waals surface area contributed by atoms with E-state index in [0.717, 1.165) is 12.8 Å². The lowest BCUT2D eigenvalue weighted by Gasteiger charge is -2.36. The van der Waals surface area contributed by atoms with Gasteiger partial charge in [-0.1, -0.05) is 26.0 Å². The molecule has 3 nitrogen and oxygen atoms in total. The first-order valence-electron chi connectivity index (χ1n) is 6.19. The molecular formula is C14H22FNO2. The molecule has 1 rings (SSSR count). The molecule has 0 fully saturated rings. The fourth-order valence-corrected chi connectivity index (χ4v) is 2.31. The van der Waals surface area contributed by atoms with Gasteiger partial charge in [0.25, 0.3) is 0 Å². The smallest absolute Gasteiger partial charge is 0.169 e. The molecule has 2 N–H and O–H groups in total. The summed E-state index contributed by atoms with van der Waals surface area (Å²) in [5.74, 6) is -0.198. The number of ether oxygens (including phenoxy) is 2. The molecule has 0 saturated heterocycles. The molecule has 0 amide bonds. The van der Waals surface area contributed by atoms with Crippen LogP contribution in [0.1, 0.15) is 38.3 Å². The van der Waals surface area contributed by atoms with E-state index in [2.05, 4.69) is 0 Å². The van der Waals surface area contributed by atoms with Crippen LogP contribution in [0.5, 0.6) is 5.75 Å². The number of nitrogens with two attached hydrogens (primary N) is 1. The van der Waals surface area contributed by atoms with Crippen LogP contribution in [-0.4, -0.2) is 19.8 Å². The molecule has 4 heteroatoms. The van der Waals surface area contributed by atoms with Crippen LogP contribution in [0.4, 0.5) is 4.39 Å². The average molecular weight is 255 g/mol. The molecule has 0 aromatic heterocycles. The van der Waals surface area contributed by atoms with E-state index in [4.69, 9.17) is 15.2 Å². The van der Waals surface area contributed by atoms with E-state index in [1.54, 1.807) is 25.3 Å². The van der Waals surface area contributed by atoms with Crippen molar-refractivity contribution in [1.82, 2.24) is 0 Å². The third kappa shape index (κ3) is 2.49. The van der Waals surface area contributed by atoms with Crippen molar-refractivity contribution in [2.75, 3.05) is 14.2 Å². The first-order valence-corrected chi connectivity index (χ1v) is 6.19. The Kier molecular flexibility index (Phi) is 5.11. The maximum Gasteiger partial charge on any atom is 0.169 e. The van der Waals surface area contributed by atoms with Gasteiger partial charge < -0.3 is 15.2 Å². The number of benzene rings is 1. The van der Waals surface area contributed by atoms with Crippen LogP contribution in [-0.2, 0) is 4.74 Å². The standard InChI is InChI=1S/C14H22FNO2/c1-5-14(6-2,18-4)13(16)10-8-7-9-11(17-3)12(10)15/h7-9,13H,5-6,16H2,1-4H3. The molecule has 0 saturated carbocycles. The molecule has 1 unspecified atom stereocenters. The maximum absolute atomic E-state index is 14.2. The molecule has 0 aliphatic carbocycles. The highest BCUT2D eigenvalue weighted by molar-refractivity contribution is 5.34. The van der Waals surface area contributed by atoms with Gasteiger partial charge >= 0.3 is 0 Å². The normalized spacial score (nSPS) is 13.4. The Morgan fingerprint density at radius 2 is 1.89 bits per heavy atom. The minimum Gasteiger partial charge on any atom is -0.494 e. The molecule has 0 aliphatic rings.